The van der Waals surface area contributed by atoms with Crippen molar-refractivity contribution in [2.24, 2.45) is 0 Å². The SMILES string of the molecule is Cc1cccc2cc([C@H](c3nnnn3C3CCCCC3)N3CCN(Cc4ccccc4)CC3)c(=O)[nH]c12. The Morgan fingerprint density at radius 3 is 2.54 bits per heavy atom. The van der Waals surface area contributed by atoms with E-state index in [1.807, 2.05) is 23.7 Å². The molecule has 0 bridgehead atoms. The average Bonchev–Trinajstić information content (AvgIpc) is 3.41. The number of tetrazole rings is 1. The van der Waals surface area contributed by atoms with Crippen LogP contribution in [0.3, 0.4) is 0 Å². The fourth-order valence-corrected chi connectivity index (χ4v) is 6.09. The molecule has 192 valence electrons. The Balaban J connectivity index is 1.35. The van der Waals surface area contributed by atoms with Crippen LogP contribution >= 0.6 is 0 Å². The van der Waals surface area contributed by atoms with Crippen LogP contribution in [-0.2, 0) is 6.54 Å². The third-order valence-electron chi connectivity index (χ3n) is 8.12. The molecular formula is C29H35N7O. The van der Waals surface area contributed by atoms with Crippen LogP contribution in [0.15, 0.2) is 59.4 Å². The van der Waals surface area contributed by atoms with Gasteiger partial charge in [-0.05, 0) is 52.8 Å². The monoisotopic (exact) mass is 497 g/mol. The van der Waals surface area contributed by atoms with Crippen molar-refractivity contribution in [1.29, 1.82) is 0 Å². The standard InChI is InChI=1S/C29H35N7O/c1-21-9-8-12-23-19-25(29(37)30-26(21)23)27(28-31-32-33-36(28)24-13-6-3-7-14-24)35-17-15-34(16-18-35)20-22-10-4-2-5-11-22/h2,4-5,8-12,19,24,27H,3,6-7,13-18,20H2,1H3,(H,30,37)/t27-/m1/s1. The van der Waals surface area contributed by atoms with Gasteiger partial charge in [0.1, 0.15) is 6.04 Å². The molecule has 0 spiro atoms. The molecule has 3 heterocycles. The number of hydrogen-bond donors (Lipinski definition) is 1. The second-order valence-electron chi connectivity index (χ2n) is 10.6. The van der Waals surface area contributed by atoms with Crippen molar-refractivity contribution >= 4 is 10.9 Å². The van der Waals surface area contributed by atoms with E-state index in [0.29, 0.717) is 6.04 Å². The lowest BCUT2D eigenvalue weighted by Crippen LogP contribution is -2.48. The van der Waals surface area contributed by atoms with Crippen molar-refractivity contribution in [2.75, 3.05) is 26.2 Å². The first kappa shape index (κ1) is 24.0. The van der Waals surface area contributed by atoms with E-state index in [1.165, 1.54) is 24.8 Å². The molecule has 1 aliphatic heterocycles. The molecule has 0 radical (unpaired) electrons. The maximum atomic E-state index is 13.6. The maximum Gasteiger partial charge on any atom is 0.253 e. The quantitative estimate of drug-likeness (QED) is 0.429. The molecule has 1 aliphatic carbocycles. The van der Waals surface area contributed by atoms with Gasteiger partial charge in [0.05, 0.1) is 11.6 Å². The predicted octanol–water partition coefficient (Wildman–Crippen LogP) is 4.24. The van der Waals surface area contributed by atoms with Crippen LogP contribution in [0.25, 0.3) is 10.9 Å². The van der Waals surface area contributed by atoms with Crippen LogP contribution in [0.5, 0.6) is 0 Å². The first-order valence-corrected chi connectivity index (χ1v) is 13.6. The molecule has 1 saturated carbocycles. The first-order valence-electron chi connectivity index (χ1n) is 13.6. The number of benzene rings is 2. The number of aryl methyl sites for hydroxylation is 1. The molecule has 0 unspecified atom stereocenters. The summed E-state index contributed by atoms with van der Waals surface area (Å²) in [6, 6.07) is 18.8. The van der Waals surface area contributed by atoms with Crippen LogP contribution in [0.4, 0.5) is 0 Å². The van der Waals surface area contributed by atoms with E-state index in [1.54, 1.807) is 0 Å². The molecule has 6 rings (SSSR count). The summed E-state index contributed by atoms with van der Waals surface area (Å²) in [7, 11) is 0. The van der Waals surface area contributed by atoms with Gasteiger partial charge in [-0.15, -0.1) is 5.10 Å². The molecule has 37 heavy (non-hydrogen) atoms. The minimum absolute atomic E-state index is 0.0586. The number of nitrogens with one attached hydrogen (secondary N) is 1. The number of aromatic nitrogens is 5. The molecule has 1 saturated heterocycles. The van der Waals surface area contributed by atoms with Gasteiger partial charge in [-0.25, -0.2) is 4.68 Å². The Morgan fingerprint density at radius 2 is 1.76 bits per heavy atom. The number of hydrogen-bond acceptors (Lipinski definition) is 6. The van der Waals surface area contributed by atoms with Gasteiger partial charge in [0, 0.05) is 38.3 Å². The van der Waals surface area contributed by atoms with Crippen LogP contribution < -0.4 is 5.56 Å². The summed E-state index contributed by atoms with van der Waals surface area (Å²) >= 11 is 0. The van der Waals surface area contributed by atoms with Gasteiger partial charge in [-0.3, -0.25) is 14.6 Å². The van der Waals surface area contributed by atoms with E-state index in [0.717, 1.165) is 73.4 Å². The highest BCUT2D eigenvalue weighted by atomic mass is 16.1. The van der Waals surface area contributed by atoms with Crippen LogP contribution in [0.2, 0.25) is 0 Å². The summed E-state index contributed by atoms with van der Waals surface area (Å²) < 4.78 is 2.03. The highest BCUT2D eigenvalue weighted by Gasteiger charge is 2.34. The summed E-state index contributed by atoms with van der Waals surface area (Å²) in [5.74, 6) is 0.793. The summed E-state index contributed by atoms with van der Waals surface area (Å²) in [4.78, 5) is 21.7. The zero-order valence-corrected chi connectivity index (χ0v) is 21.5. The molecular weight excluding hydrogens is 462 g/mol. The normalized spacial score (nSPS) is 18.8. The Morgan fingerprint density at radius 1 is 0.973 bits per heavy atom. The number of piperazine rings is 1. The Bertz CT molecular complexity index is 1400. The third-order valence-corrected chi connectivity index (χ3v) is 8.12. The lowest BCUT2D eigenvalue weighted by Gasteiger charge is -2.39. The molecule has 2 fully saturated rings. The van der Waals surface area contributed by atoms with Gasteiger partial charge in [-0.1, -0.05) is 67.8 Å². The number of para-hydroxylation sites is 1. The number of nitrogens with zero attached hydrogens (tertiary/aromatic N) is 6. The predicted molar refractivity (Wildman–Crippen MR) is 144 cm³/mol. The van der Waals surface area contributed by atoms with E-state index < -0.39 is 0 Å². The fourth-order valence-electron chi connectivity index (χ4n) is 6.09. The van der Waals surface area contributed by atoms with Gasteiger partial charge >= 0.3 is 0 Å². The Kier molecular flexibility index (Phi) is 6.85. The molecule has 4 aromatic rings. The summed E-state index contributed by atoms with van der Waals surface area (Å²) in [5, 5.41) is 14.2. The lowest BCUT2D eigenvalue weighted by atomic mass is 9.95. The van der Waals surface area contributed by atoms with Crippen molar-refractivity contribution in [2.45, 2.75) is 57.7 Å². The van der Waals surface area contributed by atoms with Gasteiger partial charge in [0.15, 0.2) is 5.82 Å². The number of rotatable bonds is 6. The maximum absolute atomic E-state index is 13.6. The zero-order valence-electron chi connectivity index (χ0n) is 21.5. The van der Waals surface area contributed by atoms with E-state index in [2.05, 4.69) is 72.8 Å². The van der Waals surface area contributed by atoms with Crippen LogP contribution in [0, 0.1) is 6.92 Å². The highest BCUT2D eigenvalue weighted by molar-refractivity contribution is 5.82. The van der Waals surface area contributed by atoms with Gasteiger partial charge in [0.25, 0.3) is 5.56 Å². The van der Waals surface area contributed by atoms with Crippen molar-refractivity contribution in [3.8, 4) is 0 Å². The molecule has 2 aromatic carbocycles. The molecule has 0 amide bonds. The molecule has 8 heteroatoms. The summed E-state index contributed by atoms with van der Waals surface area (Å²) in [6.07, 6.45) is 5.83. The summed E-state index contributed by atoms with van der Waals surface area (Å²) in [6.45, 7) is 6.53. The number of fused-ring (bicyclic) bond motifs is 1. The van der Waals surface area contributed by atoms with E-state index >= 15 is 0 Å². The van der Waals surface area contributed by atoms with E-state index in [4.69, 9.17) is 0 Å². The fraction of sp³-hybridized carbons (Fsp3) is 0.448. The second kappa shape index (κ2) is 10.6. The first-order chi connectivity index (χ1) is 18.2. The number of aromatic amines is 1. The minimum Gasteiger partial charge on any atom is -0.321 e. The Labute approximate surface area is 217 Å². The number of H-pyrrole nitrogens is 1. The third kappa shape index (κ3) is 4.95. The smallest absolute Gasteiger partial charge is 0.253 e. The highest BCUT2D eigenvalue weighted by Crippen LogP contribution is 2.33. The lowest BCUT2D eigenvalue weighted by molar-refractivity contribution is 0.0982. The molecule has 1 N–H and O–H groups in total. The van der Waals surface area contributed by atoms with Crippen LogP contribution in [-0.4, -0.2) is 61.2 Å². The molecule has 2 aliphatic rings. The van der Waals surface area contributed by atoms with Crippen molar-refractivity contribution in [3.05, 3.63) is 87.5 Å². The Hall–Kier alpha value is -3.36. The molecule has 8 nitrogen and oxygen atoms in total. The van der Waals surface area contributed by atoms with Crippen LogP contribution in [0.1, 0.15) is 66.7 Å². The van der Waals surface area contributed by atoms with Gasteiger partial charge < -0.3 is 4.98 Å². The molecule has 1 atom stereocenters. The van der Waals surface area contributed by atoms with Crippen molar-refractivity contribution in [1.82, 2.24) is 35.0 Å². The number of pyridine rings is 1. The van der Waals surface area contributed by atoms with Gasteiger partial charge in [-0.2, -0.15) is 0 Å². The van der Waals surface area contributed by atoms with E-state index in [9.17, 15) is 4.79 Å². The topological polar surface area (TPSA) is 82.9 Å². The second-order valence-corrected chi connectivity index (χ2v) is 10.6. The van der Waals surface area contributed by atoms with Gasteiger partial charge in [0.2, 0.25) is 0 Å². The van der Waals surface area contributed by atoms with Crippen molar-refractivity contribution < 1.29 is 0 Å². The summed E-state index contributed by atoms with van der Waals surface area (Å²) in [5.41, 5.74) is 3.96. The van der Waals surface area contributed by atoms with E-state index in [-0.39, 0.29) is 11.6 Å². The minimum atomic E-state index is -0.288. The zero-order chi connectivity index (χ0) is 25.2. The van der Waals surface area contributed by atoms with Crippen molar-refractivity contribution in [3.63, 3.8) is 0 Å². The average molecular weight is 498 g/mol. The molecule has 2 aromatic heterocycles. The largest absolute Gasteiger partial charge is 0.321 e.